The second-order valence-corrected chi connectivity index (χ2v) is 15.8. The van der Waals surface area contributed by atoms with Gasteiger partial charge < -0.3 is 40.9 Å². The largest absolute Gasteiger partial charge is 0.504 e. The number of anilines is 1. The topological polar surface area (TPSA) is 250 Å². The molecule has 17 nitrogen and oxygen atoms in total. The minimum Gasteiger partial charge on any atom is -0.504 e. The first-order chi connectivity index (χ1) is 25.5. The number of carbonyl (C=O) groups excluding carboxylic acids is 2. The van der Waals surface area contributed by atoms with Crippen molar-refractivity contribution in [2.24, 2.45) is 5.16 Å². The van der Waals surface area contributed by atoms with Gasteiger partial charge in [-0.2, -0.15) is 0 Å². The monoisotopic (exact) mass is 785 g/mol. The minimum absolute atomic E-state index is 0.00638. The van der Waals surface area contributed by atoms with E-state index >= 15 is 0 Å². The Morgan fingerprint density at radius 3 is 2.43 bits per heavy atom. The van der Waals surface area contributed by atoms with Crippen LogP contribution in [0.5, 0.6) is 11.5 Å². The summed E-state index contributed by atoms with van der Waals surface area (Å²) in [5.41, 5.74) is 4.32. The van der Waals surface area contributed by atoms with Crippen LogP contribution in [0.2, 0.25) is 0 Å². The Morgan fingerprint density at radius 2 is 1.81 bits per heavy atom. The lowest BCUT2D eigenvalue weighted by Crippen LogP contribution is -2.71. The molecule has 0 saturated carbocycles. The maximum Gasteiger partial charge on any atom is 0.352 e. The van der Waals surface area contributed by atoms with Gasteiger partial charge in [-0.15, -0.1) is 23.1 Å². The zero-order valence-electron chi connectivity index (χ0n) is 30.4. The van der Waals surface area contributed by atoms with Gasteiger partial charge in [-0.25, -0.2) is 14.6 Å². The van der Waals surface area contributed by atoms with Crippen molar-refractivity contribution in [3.63, 3.8) is 0 Å². The van der Waals surface area contributed by atoms with Crippen molar-refractivity contribution in [1.29, 1.82) is 0 Å². The third kappa shape index (κ3) is 8.02. The molecule has 54 heavy (non-hydrogen) atoms. The number of amides is 2. The lowest BCUT2D eigenvalue weighted by Gasteiger charge is -2.51. The number of β-lactam (4-membered cyclic amide) rings is 1. The van der Waals surface area contributed by atoms with Crippen molar-refractivity contribution < 1.29 is 44.4 Å². The van der Waals surface area contributed by atoms with Gasteiger partial charge in [-0.3, -0.25) is 24.2 Å². The molecule has 0 radical (unpaired) electrons. The third-order valence-corrected chi connectivity index (χ3v) is 11.4. The summed E-state index contributed by atoms with van der Waals surface area (Å²) >= 11 is 2.29. The van der Waals surface area contributed by atoms with Crippen molar-refractivity contribution in [1.82, 2.24) is 24.7 Å². The van der Waals surface area contributed by atoms with Crippen LogP contribution in [0, 0.1) is 0 Å². The maximum atomic E-state index is 13.7. The molecule has 0 spiro atoms. The molecular formula is C35H43N7O10S2. The highest BCUT2D eigenvalue weighted by atomic mass is 32.2. The summed E-state index contributed by atoms with van der Waals surface area (Å²) in [7, 11) is 0. The van der Waals surface area contributed by atoms with Crippen molar-refractivity contribution in [2.45, 2.75) is 89.2 Å². The summed E-state index contributed by atoms with van der Waals surface area (Å²) in [6, 6.07) is 1.43. The number of unbranched alkanes of at least 4 members (excludes halogenated alkanes) is 2. The quantitative estimate of drug-likeness (QED) is 0.0402. The molecule has 7 N–H and O–H groups in total. The molecule has 3 aromatic rings. The molecule has 2 amide bonds. The number of carbonyl (C=O) groups is 4. The molecule has 1 aromatic carbocycles. The molecule has 2 aliphatic heterocycles. The highest BCUT2D eigenvalue weighted by Gasteiger charge is 2.56. The van der Waals surface area contributed by atoms with Gasteiger partial charge in [-0.1, -0.05) is 24.9 Å². The summed E-state index contributed by atoms with van der Waals surface area (Å²) in [6.45, 7) is 9.48. The van der Waals surface area contributed by atoms with Gasteiger partial charge in [0.05, 0.1) is 5.52 Å². The van der Waals surface area contributed by atoms with E-state index in [1.54, 1.807) is 10.8 Å². The van der Waals surface area contributed by atoms with E-state index in [2.05, 4.69) is 22.4 Å². The van der Waals surface area contributed by atoms with E-state index in [1.807, 2.05) is 18.7 Å². The number of aromatic hydroxyl groups is 2. The van der Waals surface area contributed by atoms with Crippen molar-refractivity contribution >= 4 is 68.6 Å². The van der Waals surface area contributed by atoms with E-state index in [9.17, 15) is 44.4 Å². The molecule has 2 aromatic heterocycles. The van der Waals surface area contributed by atoms with Crippen LogP contribution in [-0.2, 0) is 37.1 Å². The molecule has 19 heteroatoms. The van der Waals surface area contributed by atoms with Crippen LogP contribution < -0.4 is 16.5 Å². The second-order valence-electron chi connectivity index (χ2n) is 13.5. The fourth-order valence-electron chi connectivity index (χ4n) is 6.20. The first-order valence-corrected chi connectivity index (χ1v) is 19.1. The SMILES string of the molecule is CCCCCN(CC1=C(C(=O)O)N2C(=O)[C@@H](NC(=O)/C(=N\OC(C)(C)C(=O)O)c3csc(N)n3)[C@H]2S[C@H]1C)Cc1cn(CC)c2cc(O)c(O)cc2c1=O. The number of aromatic nitrogens is 2. The van der Waals surface area contributed by atoms with E-state index in [0.29, 0.717) is 29.7 Å². The van der Waals surface area contributed by atoms with Crippen LogP contribution in [-0.4, -0.2) is 105 Å². The number of phenols is 2. The zero-order valence-corrected chi connectivity index (χ0v) is 32.0. The van der Waals surface area contributed by atoms with Crippen molar-refractivity contribution in [3.8, 4) is 11.5 Å². The summed E-state index contributed by atoms with van der Waals surface area (Å²) in [4.78, 5) is 77.7. The predicted molar refractivity (Wildman–Crippen MR) is 202 cm³/mol. The number of carboxylic acid groups (broad SMARTS) is 2. The molecular weight excluding hydrogens is 743 g/mol. The lowest BCUT2D eigenvalue weighted by molar-refractivity contribution is -0.161. The number of hydrogen-bond acceptors (Lipinski definition) is 14. The minimum atomic E-state index is -1.81. The van der Waals surface area contributed by atoms with Crippen LogP contribution in [0.25, 0.3) is 10.9 Å². The average Bonchev–Trinajstić information content (AvgIpc) is 3.55. The highest BCUT2D eigenvalue weighted by Crippen LogP contribution is 2.44. The number of nitrogens with one attached hydrogen (secondary N) is 1. The highest BCUT2D eigenvalue weighted by molar-refractivity contribution is 8.00. The number of hydrogen-bond donors (Lipinski definition) is 6. The van der Waals surface area contributed by atoms with Gasteiger partial charge in [0.1, 0.15) is 22.8 Å². The van der Waals surface area contributed by atoms with Gasteiger partial charge in [0, 0.05) is 53.5 Å². The number of thioether (sulfide) groups is 1. The van der Waals surface area contributed by atoms with E-state index in [4.69, 9.17) is 10.6 Å². The zero-order chi connectivity index (χ0) is 39.6. The number of thiazole rings is 1. The fraction of sp³-hybridized carbons (Fsp3) is 0.457. The Hall–Kier alpha value is -5.14. The number of aryl methyl sites for hydroxylation is 1. The van der Waals surface area contributed by atoms with Crippen LogP contribution in [0.1, 0.15) is 65.1 Å². The Morgan fingerprint density at radius 1 is 1.11 bits per heavy atom. The van der Waals surface area contributed by atoms with Gasteiger partial charge in [0.2, 0.25) is 5.60 Å². The molecule has 5 rings (SSSR count). The van der Waals surface area contributed by atoms with Gasteiger partial charge in [0.15, 0.2) is 27.8 Å². The van der Waals surface area contributed by atoms with Gasteiger partial charge >= 0.3 is 11.9 Å². The van der Waals surface area contributed by atoms with Gasteiger partial charge in [0.25, 0.3) is 11.8 Å². The molecule has 290 valence electrons. The van der Waals surface area contributed by atoms with E-state index in [0.717, 1.165) is 35.5 Å². The van der Waals surface area contributed by atoms with Crippen molar-refractivity contribution in [2.75, 3.05) is 18.8 Å². The first-order valence-electron chi connectivity index (χ1n) is 17.3. The molecule has 1 saturated heterocycles. The van der Waals surface area contributed by atoms with E-state index in [1.165, 1.54) is 43.1 Å². The number of benzene rings is 1. The molecule has 2 aliphatic rings. The maximum absolute atomic E-state index is 13.7. The number of fused-ring (bicyclic) bond motifs is 2. The Kier molecular flexibility index (Phi) is 11.9. The number of rotatable bonds is 16. The summed E-state index contributed by atoms with van der Waals surface area (Å²) in [5, 5.41) is 47.1. The molecule has 3 atom stereocenters. The molecule has 1 fully saturated rings. The smallest absolute Gasteiger partial charge is 0.352 e. The van der Waals surface area contributed by atoms with E-state index in [-0.39, 0.29) is 46.2 Å². The number of oxime groups is 1. The Bertz CT molecular complexity index is 2110. The number of nitrogens with zero attached hydrogens (tertiary/aromatic N) is 5. The number of pyridine rings is 1. The lowest BCUT2D eigenvalue weighted by atomic mass is 9.99. The number of nitrogen functional groups attached to an aromatic ring is 1. The van der Waals surface area contributed by atoms with E-state index < -0.39 is 57.5 Å². The molecule has 0 bridgehead atoms. The molecule has 4 heterocycles. The third-order valence-electron chi connectivity index (χ3n) is 9.23. The average molecular weight is 786 g/mol. The number of aliphatic carboxylic acids is 2. The molecule has 0 aliphatic carbocycles. The summed E-state index contributed by atoms with van der Waals surface area (Å²) in [6.07, 6.45) is 4.28. The number of carboxylic acids is 2. The van der Waals surface area contributed by atoms with Crippen LogP contribution in [0.15, 0.2) is 44.9 Å². The van der Waals surface area contributed by atoms with Crippen LogP contribution in [0.3, 0.4) is 0 Å². The number of phenolic OH excluding ortho intramolecular Hbond substituents is 2. The predicted octanol–water partition coefficient (Wildman–Crippen LogP) is 2.87. The molecule has 0 unspecified atom stereocenters. The van der Waals surface area contributed by atoms with Crippen molar-refractivity contribution in [3.05, 3.63) is 56.5 Å². The second kappa shape index (κ2) is 16.1. The fourth-order valence-corrected chi connectivity index (χ4v) is 8.18. The summed E-state index contributed by atoms with van der Waals surface area (Å²) < 4.78 is 1.80. The standard InChI is InChI=1S/C35H43N7O10S2/c1-6-8-9-10-40(13-18-14-41(7-2)22-12-24(44)23(43)11-19(22)28(18)45)15-20-17(3)54-31-26(30(47)42(31)27(20)32(48)49)38-29(46)25(21-16-53-34(36)37-21)39-52-35(4,5)33(50)51/h11-12,14,16-17,26,31,43-44H,6-10,13,15H2,1-5H3,(H2,36,37)(H,38,46)(H,48,49)(H,50,51)/b39-25-/t17-,26+,31+/m0/s1. The number of nitrogens with two attached hydrogens (primary N) is 1. The first kappa shape index (κ1) is 40.1. The van der Waals surface area contributed by atoms with Crippen LogP contribution in [0.4, 0.5) is 5.13 Å². The normalized spacial score (nSPS) is 18.9. The van der Waals surface area contributed by atoms with Crippen LogP contribution >= 0.6 is 23.1 Å². The Balaban J connectivity index is 1.43. The Labute approximate surface area is 318 Å². The summed E-state index contributed by atoms with van der Waals surface area (Å²) in [5.74, 6) is -5.01. The van der Waals surface area contributed by atoms with Gasteiger partial charge in [-0.05, 0) is 52.3 Å².